The zero-order chi connectivity index (χ0) is 12.5. The van der Waals surface area contributed by atoms with Crippen molar-refractivity contribution in [3.63, 3.8) is 0 Å². The number of piperidine rings is 1. The van der Waals surface area contributed by atoms with Crippen molar-refractivity contribution in [1.29, 1.82) is 0 Å². The summed E-state index contributed by atoms with van der Waals surface area (Å²) in [5.41, 5.74) is 0. The third kappa shape index (κ3) is 2.99. The molecule has 6 heteroatoms. The van der Waals surface area contributed by atoms with Crippen LogP contribution in [0.2, 0.25) is 0 Å². The topological polar surface area (TPSA) is 60.9 Å². The molecule has 0 bridgehead atoms. The van der Waals surface area contributed by atoms with Gasteiger partial charge in [0.15, 0.2) is 0 Å². The normalized spacial score (nSPS) is 31.5. The molecule has 1 heterocycles. The fourth-order valence-electron chi connectivity index (χ4n) is 2.60. The minimum Gasteiger partial charge on any atom is -0.393 e. The molecule has 1 saturated carbocycles. The molecule has 5 nitrogen and oxygen atoms in total. The van der Waals surface area contributed by atoms with Crippen LogP contribution in [-0.4, -0.2) is 54.9 Å². The molecule has 1 aliphatic carbocycles. The van der Waals surface area contributed by atoms with Gasteiger partial charge in [-0.25, -0.2) is 0 Å². The highest BCUT2D eigenvalue weighted by atomic mass is 32.2. The van der Waals surface area contributed by atoms with E-state index in [0.717, 1.165) is 32.1 Å². The Bertz CT molecular complexity index is 346. The summed E-state index contributed by atoms with van der Waals surface area (Å²) >= 11 is 0. The molecule has 0 radical (unpaired) electrons. The third-order valence-electron chi connectivity index (χ3n) is 3.76. The van der Waals surface area contributed by atoms with E-state index in [1.807, 2.05) is 0 Å². The average molecular weight is 262 g/mol. The van der Waals surface area contributed by atoms with E-state index in [-0.39, 0.29) is 6.10 Å². The van der Waals surface area contributed by atoms with Crippen molar-refractivity contribution in [3.05, 3.63) is 0 Å². The minimum absolute atomic E-state index is 0.217. The maximum absolute atomic E-state index is 12.2. The first-order chi connectivity index (χ1) is 8.00. The zero-order valence-corrected chi connectivity index (χ0v) is 11.2. The van der Waals surface area contributed by atoms with Crippen LogP contribution in [0.5, 0.6) is 0 Å². The summed E-state index contributed by atoms with van der Waals surface area (Å²) in [6, 6.07) is 0. The lowest BCUT2D eigenvalue weighted by molar-refractivity contribution is 0.0361. The number of nitrogens with zero attached hydrogens (tertiary/aromatic N) is 2. The first kappa shape index (κ1) is 13.3. The second kappa shape index (κ2) is 5.22. The molecule has 0 spiro atoms. The monoisotopic (exact) mass is 262 g/mol. The van der Waals surface area contributed by atoms with E-state index in [9.17, 15) is 13.5 Å². The van der Waals surface area contributed by atoms with Crippen LogP contribution in [0.25, 0.3) is 0 Å². The van der Waals surface area contributed by atoms with Crippen molar-refractivity contribution in [3.8, 4) is 0 Å². The van der Waals surface area contributed by atoms with Crippen LogP contribution in [0.1, 0.15) is 32.1 Å². The van der Waals surface area contributed by atoms with Crippen LogP contribution < -0.4 is 0 Å². The quantitative estimate of drug-likeness (QED) is 0.799. The number of rotatable bonds is 4. The SMILES string of the molecule is CN(CC1CC(O)C1)S(=O)(=O)N1CCCCC1. The molecular weight excluding hydrogens is 240 g/mol. The van der Waals surface area contributed by atoms with Crippen LogP contribution in [0.3, 0.4) is 0 Å². The molecule has 0 aromatic carbocycles. The van der Waals surface area contributed by atoms with Crippen molar-refractivity contribution in [2.45, 2.75) is 38.2 Å². The highest BCUT2D eigenvalue weighted by Gasteiger charge is 2.33. The lowest BCUT2D eigenvalue weighted by atomic mass is 9.82. The molecule has 2 aliphatic rings. The van der Waals surface area contributed by atoms with Gasteiger partial charge in [-0.1, -0.05) is 6.42 Å². The van der Waals surface area contributed by atoms with Gasteiger partial charge in [0, 0.05) is 26.7 Å². The largest absolute Gasteiger partial charge is 0.393 e. The van der Waals surface area contributed by atoms with Crippen LogP contribution in [-0.2, 0) is 10.2 Å². The lowest BCUT2D eigenvalue weighted by Gasteiger charge is -2.36. The highest BCUT2D eigenvalue weighted by Crippen LogP contribution is 2.28. The van der Waals surface area contributed by atoms with Gasteiger partial charge in [0.1, 0.15) is 0 Å². The van der Waals surface area contributed by atoms with Gasteiger partial charge in [0.05, 0.1) is 6.10 Å². The first-order valence-corrected chi connectivity index (χ1v) is 7.79. The molecule has 1 saturated heterocycles. The summed E-state index contributed by atoms with van der Waals surface area (Å²) in [6.45, 7) is 1.84. The zero-order valence-electron chi connectivity index (χ0n) is 10.4. The molecule has 2 fully saturated rings. The molecule has 0 aromatic rings. The van der Waals surface area contributed by atoms with Crippen molar-refractivity contribution in [1.82, 2.24) is 8.61 Å². The molecule has 2 rings (SSSR count). The summed E-state index contributed by atoms with van der Waals surface area (Å²) < 4.78 is 27.5. The Labute approximate surface area is 104 Å². The van der Waals surface area contributed by atoms with Gasteiger partial charge in [-0.15, -0.1) is 0 Å². The Morgan fingerprint density at radius 2 is 1.82 bits per heavy atom. The Hall–Kier alpha value is -0.170. The molecule has 100 valence electrons. The Kier molecular flexibility index (Phi) is 4.07. The second-order valence-corrected chi connectivity index (χ2v) is 7.27. The molecule has 17 heavy (non-hydrogen) atoms. The fraction of sp³-hybridized carbons (Fsp3) is 1.00. The van der Waals surface area contributed by atoms with Crippen LogP contribution >= 0.6 is 0 Å². The number of hydrogen-bond acceptors (Lipinski definition) is 3. The van der Waals surface area contributed by atoms with Gasteiger partial charge in [0.25, 0.3) is 10.2 Å². The van der Waals surface area contributed by atoms with Gasteiger partial charge in [-0.2, -0.15) is 17.0 Å². The minimum atomic E-state index is -3.27. The summed E-state index contributed by atoms with van der Waals surface area (Å²) in [6.07, 6.45) is 4.32. The smallest absolute Gasteiger partial charge is 0.281 e. The number of aliphatic hydroxyl groups excluding tert-OH is 1. The predicted octanol–water partition coefficient (Wildman–Crippen LogP) is 0.420. The van der Waals surface area contributed by atoms with E-state index in [4.69, 9.17) is 0 Å². The molecule has 0 aromatic heterocycles. The Morgan fingerprint density at radius 3 is 2.35 bits per heavy atom. The van der Waals surface area contributed by atoms with E-state index >= 15 is 0 Å². The molecule has 0 amide bonds. The third-order valence-corrected chi connectivity index (χ3v) is 5.72. The second-order valence-electron chi connectivity index (χ2n) is 5.24. The van der Waals surface area contributed by atoms with Gasteiger partial charge >= 0.3 is 0 Å². The van der Waals surface area contributed by atoms with Crippen molar-refractivity contribution in [2.24, 2.45) is 5.92 Å². The van der Waals surface area contributed by atoms with Crippen LogP contribution in [0.4, 0.5) is 0 Å². The van der Waals surface area contributed by atoms with E-state index in [1.165, 1.54) is 4.31 Å². The summed E-state index contributed by atoms with van der Waals surface area (Å²) in [7, 11) is -1.62. The van der Waals surface area contributed by atoms with Crippen molar-refractivity contribution < 1.29 is 13.5 Å². The molecule has 1 aliphatic heterocycles. The average Bonchev–Trinajstić information content (AvgIpc) is 2.28. The number of hydrogen-bond donors (Lipinski definition) is 1. The first-order valence-electron chi connectivity index (χ1n) is 6.39. The standard InChI is InChI=1S/C11H22N2O3S/c1-12(9-10-7-11(14)8-10)17(15,16)13-5-3-2-4-6-13/h10-11,14H,2-9H2,1H3. The van der Waals surface area contributed by atoms with Gasteiger partial charge in [-0.05, 0) is 31.6 Å². The van der Waals surface area contributed by atoms with E-state index < -0.39 is 10.2 Å². The summed E-state index contributed by atoms with van der Waals surface area (Å²) in [5.74, 6) is 0.328. The maximum atomic E-state index is 12.2. The highest BCUT2D eigenvalue weighted by molar-refractivity contribution is 7.86. The van der Waals surface area contributed by atoms with E-state index in [1.54, 1.807) is 11.4 Å². The van der Waals surface area contributed by atoms with Gasteiger partial charge < -0.3 is 5.11 Å². The number of aliphatic hydroxyl groups is 1. The molecular formula is C11H22N2O3S. The summed E-state index contributed by atoms with van der Waals surface area (Å²) in [4.78, 5) is 0. The maximum Gasteiger partial charge on any atom is 0.281 e. The van der Waals surface area contributed by atoms with Crippen molar-refractivity contribution in [2.75, 3.05) is 26.7 Å². The molecule has 0 atom stereocenters. The lowest BCUT2D eigenvalue weighted by Crippen LogP contribution is -2.47. The van der Waals surface area contributed by atoms with Gasteiger partial charge in [-0.3, -0.25) is 0 Å². The van der Waals surface area contributed by atoms with E-state index in [2.05, 4.69) is 0 Å². The Morgan fingerprint density at radius 1 is 1.24 bits per heavy atom. The molecule has 1 N–H and O–H groups in total. The van der Waals surface area contributed by atoms with E-state index in [0.29, 0.717) is 25.6 Å². The fourth-order valence-corrected chi connectivity index (χ4v) is 4.11. The van der Waals surface area contributed by atoms with Gasteiger partial charge in [0.2, 0.25) is 0 Å². The Balaban J connectivity index is 1.89. The summed E-state index contributed by atoms with van der Waals surface area (Å²) in [5, 5.41) is 9.20. The molecule has 0 unspecified atom stereocenters. The van der Waals surface area contributed by atoms with Crippen LogP contribution in [0.15, 0.2) is 0 Å². The predicted molar refractivity (Wildman–Crippen MR) is 65.7 cm³/mol. The van der Waals surface area contributed by atoms with Crippen molar-refractivity contribution >= 4 is 10.2 Å². The van der Waals surface area contributed by atoms with Crippen LogP contribution in [0, 0.1) is 5.92 Å².